The van der Waals surface area contributed by atoms with Crippen molar-refractivity contribution in [3.8, 4) is 0 Å². The quantitative estimate of drug-likeness (QED) is 0.847. The first-order valence-electron chi connectivity index (χ1n) is 8.86. The highest BCUT2D eigenvalue weighted by Crippen LogP contribution is 2.25. The minimum absolute atomic E-state index is 0.131. The molecule has 0 unspecified atom stereocenters. The Morgan fingerprint density at radius 3 is 2.96 bits per heavy atom. The first kappa shape index (κ1) is 16.3. The van der Waals surface area contributed by atoms with Crippen molar-refractivity contribution in [2.75, 3.05) is 26.2 Å². The molecule has 0 saturated carbocycles. The molecule has 2 aliphatic rings. The number of piperazine rings is 1. The van der Waals surface area contributed by atoms with Crippen molar-refractivity contribution in [3.05, 3.63) is 54.1 Å². The van der Waals surface area contributed by atoms with Crippen LogP contribution < -0.4 is 0 Å². The fourth-order valence-corrected chi connectivity index (χ4v) is 3.84. The van der Waals surface area contributed by atoms with Gasteiger partial charge in [0.2, 0.25) is 0 Å². The fourth-order valence-electron chi connectivity index (χ4n) is 3.84. The van der Waals surface area contributed by atoms with Gasteiger partial charge in [-0.2, -0.15) is 0 Å². The van der Waals surface area contributed by atoms with Crippen molar-refractivity contribution in [1.82, 2.24) is 19.4 Å². The molecule has 6 heteroatoms. The smallest absolute Gasteiger partial charge is 0.270 e. The molecule has 0 spiro atoms. The van der Waals surface area contributed by atoms with Crippen LogP contribution >= 0.6 is 0 Å². The maximum Gasteiger partial charge on any atom is 0.270 e. The lowest BCUT2D eigenvalue weighted by atomic mass is 10.1. The largest absolute Gasteiger partial charge is 0.372 e. The lowest BCUT2D eigenvalue weighted by molar-refractivity contribution is 0.0449. The molecule has 4 rings (SSSR count). The van der Waals surface area contributed by atoms with E-state index in [0.717, 1.165) is 43.9 Å². The molecular weight excluding hydrogens is 316 g/mol. The van der Waals surface area contributed by atoms with Crippen LogP contribution in [0.4, 0.5) is 0 Å². The van der Waals surface area contributed by atoms with Crippen LogP contribution in [0.3, 0.4) is 0 Å². The number of hydrogen-bond acceptors (Lipinski definition) is 4. The summed E-state index contributed by atoms with van der Waals surface area (Å²) in [7, 11) is 1.92. The van der Waals surface area contributed by atoms with E-state index in [-0.39, 0.29) is 12.0 Å². The predicted molar refractivity (Wildman–Crippen MR) is 94.1 cm³/mol. The Balaban J connectivity index is 1.33. The minimum atomic E-state index is 0.131. The van der Waals surface area contributed by atoms with Crippen molar-refractivity contribution in [1.29, 1.82) is 0 Å². The zero-order valence-electron chi connectivity index (χ0n) is 14.5. The van der Waals surface area contributed by atoms with Crippen LogP contribution in [-0.2, 0) is 18.4 Å². The number of nitrogens with zero attached hydrogens (tertiary/aromatic N) is 4. The molecule has 2 fully saturated rings. The maximum atomic E-state index is 12.7. The molecule has 0 bridgehead atoms. The van der Waals surface area contributed by atoms with E-state index < -0.39 is 0 Å². The van der Waals surface area contributed by atoms with Gasteiger partial charge in [0.15, 0.2) is 0 Å². The third-order valence-corrected chi connectivity index (χ3v) is 5.24. The number of carbonyl (C=O) groups excluding carboxylic acids is 1. The number of pyridine rings is 1. The van der Waals surface area contributed by atoms with Gasteiger partial charge in [-0.05, 0) is 30.2 Å². The Labute approximate surface area is 148 Å². The van der Waals surface area contributed by atoms with Gasteiger partial charge in [0.25, 0.3) is 5.91 Å². The average Bonchev–Trinajstić information content (AvgIpc) is 3.25. The summed E-state index contributed by atoms with van der Waals surface area (Å²) in [5, 5.41) is 0. The van der Waals surface area contributed by atoms with E-state index in [2.05, 4.69) is 9.88 Å². The second-order valence-corrected chi connectivity index (χ2v) is 6.93. The summed E-state index contributed by atoms with van der Waals surface area (Å²) in [6.07, 6.45) is 6.76. The number of aromatic nitrogens is 2. The molecule has 0 aliphatic carbocycles. The lowest BCUT2D eigenvalue weighted by Crippen LogP contribution is -2.52. The Bertz CT molecular complexity index is 730. The molecule has 0 N–H and O–H groups in total. The van der Waals surface area contributed by atoms with Crippen molar-refractivity contribution in [3.63, 3.8) is 0 Å². The highest BCUT2D eigenvalue weighted by atomic mass is 16.5. The molecule has 0 radical (unpaired) electrons. The van der Waals surface area contributed by atoms with Gasteiger partial charge < -0.3 is 14.2 Å². The number of aryl methyl sites for hydroxylation is 1. The van der Waals surface area contributed by atoms with E-state index in [9.17, 15) is 4.79 Å². The highest BCUT2D eigenvalue weighted by Gasteiger charge is 2.38. The average molecular weight is 340 g/mol. The Kier molecular flexibility index (Phi) is 4.55. The van der Waals surface area contributed by atoms with Gasteiger partial charge >= 0.3 is 0 Å². The monoisotopic (exact) mass is 340 g/mol. The molecule has 2 aliphatic heterocycles. The van der Waals surface area contributed by atoms with Gasteiger partial charge in [-0.25, -0.2) is 0 Å². The van der Waals surface area contributed by atoms with Crippen LogP contribution in [0, 0.1) is 0 Å². The molecule has 132 valence electrons. The van der Waals surface area contributed by atoms with Crippen LogP contribution in [0.5, 0.6) is 0 Å². The summed E-state index contributed by atoms with van der Waals surface area (Å²) in [5.74, 6) is 0.131. The van der Waals surface area contributed by atoms with E-state index in [1.165, 1.54) is 0 Å². The SMILES string of the molecule is Cn1cccc1C(=O)N1CCN2C[C@H](OCc3cccnc3)C[C@H]2C1. The van der Waals surface area contributed by atoms with E-state index in [0.29, 0.717) is 12.6 Å². The van der Waals surface area contributed by atoms with Crippen LogP contribution in [0.1, 0.15) is 22.5 Å². The van der Waals surface area contributed by atoms with Crippen LogP contribution in [0.25, 0.3) is 0 Å². The molecule has 2 aromatic rings. The van der Waals surface area contributed by atoms with Crippen molar-refractivity contribution >= 4 is 5.91 Å². The summed E-state index contributed by atoms with van der Waals surface area (Å²) >= 11 is 0. The molecule has 2 aromatic heterocycles. The number of carbonyl (C=O) groups is 1. The van der Waals surface area contributed by atoms with E-state index >= 15 is 0 Å². The highest BCUT2D eigenvalue weighted by molar-refractivity contribution is 5.92. The standard InChI is InChI=1S/C19H24N4O2/c1-21-7-3-5-18(21)19(24)23-9-8-22-13-17(10-16(22)12-23)25-14-15-4-2-6-20-11-15/h2-7,11,16-17H,8-10,12-14H2,1H3/t16-,17+/m0/s1. The number of amides is 1. The molecule has 0 aromatic carbocycles. The summed E-state index contributed by atoms with van der Waals surface area (Å²) in [4.78, 5) is 21.3. The summed E-state index contributed by atoms with van der Waals surface area (Å²) < 4.78 is 7.97. The zero-order chi connectivity index (χ0) is 17.2. The number of hydrogen-bond donors (Lipinski definition) is 0. The second-order valence-electron chi connectivity index (χ2n) is 6.93. The van der Waals surface area contributed by atoms with E-state index in [1.54, 1.807) is 6.20 Å². The molecule has 6 nitrogen and oxygen atoms in total. The maximum absolute atomic E-state index is 12.7. The number of ether oxygens (including phenoxy) is 1. The zero-order valence-corrected chi connectivity index (χ0v) is 14.5. The number of rotatable bonds is 4. The molecule has 1 amide bonds. The van der Waals surface area contributed by atoms with Gasteiger partial charge in [-0.15, -0.1) is 0 Å². The fraction of sp³-hybridized carbons (Fsp3) is 0.474. The van der Waals surface area contributed by atoms with Crippen molar-refractivity contribution < 1.29 is 9.53 Å². The van der Waals surface area contributed by atoms with Crippen molar-refractivity contribution in [2.24, 2.45) is 7.05 Å². The van der Waals surface area contributed by atoms with E-state index in [1.807, 2.05) is 53.2 Å². The van der Waals surface area contributed by atoms with Gasteiger partial charge in [0.05, 0.1) is 12.7 Å². The van der Waals surface area contributed by atoms with Crippen LogP contribution in [0.2, 0.25) is 0 Å². The third-order valence-electron chi connectivity index (χ3n) is 5.24. The van der Waals surface area contributed by atoms with Crippen molar-refractivity contribution in [2.45, 2.75) is 25.2 Å². The molecule has 4 heterocycles. The second kappa shape index (κ2) is 6.98. The minimum Gasteiger partial charge on any atom is -0.372 e. The molecule has 2 saturated heterocycles. The molecular formula is C19H24N4O2. The molecule has 2 atom stereocenters. The van der Waals surface area contributed by atoms with Gasteiger partial charge in [0.1, 0.15) is 5.69 Å². The lowest BCUT2D eigenvalue weighted by Gasteiger charge is -2.37. The summed E-state index contributed by atoms with van der Waals surface area (Å²) in [5.41, 5.74) is 1.86. The number of fused-ring (bicyclic) bond motifs is 1. The normalized spacial score (nSPS) is 23.6. The summed E-state index contributed by atoms with van der Waals surface area (Å²) in [6.45, 7) is 4.06. The summed E-state index contributed by atoms with van der Waals surface area (Å²) in [6, 6.07) is 8.18. The van der Waals surface area contributed by atoms with Crippen LogP contribution in [0.15, 0.2) is 42.9 Å². The first-order valence-corrected chi connectivity index (χ1v) is 8.86. The Hall–Kier alpha value is -2.18. The Morgan fingerprint density at radius 1 is 1.28 bits per heavy atom. The third kappa shape index (κ3) is 3.45. The first-order chi connectivity index (χ1) is 12.2. The molecule has 25 heavy (non-hydrogen) atoms. The van der Waals surface area contributed by atoms with E-state index in [4.69, 9.17) is 4.74 Å². The van der Waals surface area contributed by atoms with Gasteiger partial charge in [-0.1, -0.05) is 6.07 Å². The van der Waals surface area contributed by atoms with Gasteiger partial charge in [0, 0.05) is 57.9 Å². The Morgan fingerprint density at radius 2 is 2.20 bits per heavy atom. The van der Waals surface area contributed by atoms with Crippen LogP contribution in [-0.4, -0.2) is 63.6 Å². The topological polar surface area (TPSA) is 50.6 Å². The van der Waals surface area contributed by atoms with Gasteiger partial charge in [-0.3, -0.25) is 14.7 Å². The predicted octanol–water partition coefficient (Wildman–Crippen LogP) is 1.54.